The van der Waals surface area contributed by atoms with E-state index in [1.807, 2.05) is 18.7 Å². The molecule has 1 aromatic rings. The highest BCUT2D eigenvalue weighted by atomic mass is 35.5. The van der Waals surface area contributed by atoms with Crippen molar-refractivity contribution in [1.82, 2.24) is 10.2 Å². The maximum atomic E-state index is 12.7. The first-order valence-electron chi connectivity index (χ1n) is 9.55. The van der Waals surface area contributed by atoms with Crippen LogP contribution in [-0.4, -0.2) is 67.8 Å². The zero-order valence-corrected chi connectivity index (χ0v) is 17.5. The number of morpholine rings is 1. The predicted octanol–water partition coefficient (Wildman–Crippen LogP) is 2.06. The number of nitrogens with zero attached hydrogens (tertiary/aromatic N) is 1. The second-order valence-electron chi connectivity index (χ2n) is 7.45. The molecule has 28 heavy (non-hydrogen) atoms. The van der Waals surface area contributed by atoms with Gasteiger partial charge in [-0.25, -0.2) is 0 Å². The molecule has 1 aromatic carbocycles. The van der Waals surface area contributed by atoms with Crippen molar-refractivity contribution in [2.45, 2.75) is 44.5 Å². The molecule has 2 amide bonds. The summed E-state index contributed by atoms with van der Waals surface area (Å²) in [4.78, 5) is 27.3. The minimum absolute atomic E-state index is 0. The average Bonchev–Trinajstić information content (AvgIpc) is 2.67. The number of amides is 2. The summed E-state index contributed by atoms with van der Waals surface area (Å²) in [6.07, 6.45) is 1.34. The zero-order chi connectivity index (χ0) is 19.4. The van der Waals surface area contributed by atoms with Gasteiger partial charge in [0.15, 0.2) is 0 Å². The molecule has 8 heteroatoms. The number of ether oxygens (including phenoxy) is 2. The molecule has 2 aliphatic rings. The highest BCUT2D eigenvalue weighted by Gasteiger charge is 2.39. The Morgan fingerprint density at radius 2 is 1.71 bits per heavy atom. The third kappa shape index (κ3) is 5.03. The van der Waals surface area contributed by atoms with Crippen LogP contribution in [0.4, 0.5) is 5.69 Å². The molecule has 2 atom stereocenters. The summed E-state index contributed by atoms with van der Waals surface area (Å²) in [5.41, 5.74) is 0.479. The van der Waals surface area contributed by atoms with Crippen LogP contribution in [0.25, 0.3) is 0 Å². The molecular formula is C20H30ClN3O4. The van der Waals surface area contributed by atoms with Crippen LogP contribution in [0.5, 0.6) is 0 Å². The number of methoxy groups -OCH3 is 1. The summed E-state index contributed by atoms with van der Waals surface area (Å²) in [6, 6.07) is 7.04. The third-order valence-corrected chi connectivity index (χ3v) is 5.31. The van der Waals surface area contributed by atoms with Gasteiger partial charge in [-0.3, -0.25) is 9.59 Å². The van der Waals surface area contributed by atoms with Gasteiger partial charge < -0.3 is 25.0 Å². The summed E-state index contributed by atoms with van der Waals surface area (Å²) in [5, 5.41) is 6.17. The lowest BCUT2D eigenvalue weighted by Crippen LogP contribution is -2.51. The molecule has 2 aliphatic heterocycles. The average molecular weight is 412 g/mol. The molecule has 2 heterocycles. The molecule has 0 aliphatic carbocycles. The molecule has 0 aromatic heterocycles. The van der Waals surface area contributed by atoms with E-state index in [1.165, 1.54) is 0 Å². The Labute approximate surface area is 172 Å². The molecule has 0 radical (unpaired) electrons. The number of hydrogen-bond donors (Lipinski definition) is 2. The molecule has 3 rings (SSSR count). The van der Waals surface area contributed by atoms with Crippen molar-refractivity contribution in [2.75, 3.05) is 38.6 Å². The van der Waals surface area contributed by atoms with Crippen molar-refractivity contribution in [2.24, 2.45) is 0 Å². The van der Waals surface area contributed by atoms with Gasteiger partial charge in [0.1, 0.15) is 5.60 Å². The van der Waals surface area contributed by atoms with Gasteiger partial charge in [0.2, 0.25) is 0 Å². The van der Waals surface area contributed by atoms with Gasteiger partial charge in [0.25, 0.3) is 11.8 Å². The fourth-order valence-corrected chi connectivity index (χ4v) is 3.82. The number of nitrogens with one attached hydrogen (secondary N) is 2. The van der Waals surface area contributed by atoms with E-state index in [2.05, 4.69) is 10.6 Å². The van der Waals surface area contributed by atoms with E-state index in [9.17, 15) is 9.59 Å². The van der Waals surface area contributed by atoms with Gasteiger partial charge in [-0.1, -0.05) is 0 Å². The van der Waals surface area contributed by atoms with E-state index < -0.39 is 5.60 Å². The molecule has 0 spiro atoms. The first kappa shape index (κ1) is 22.6. The number of rotatable bonds is 4. The number of halogens is 1. The Balaban J connectivity index is 0.00000280. The van der Waals surface area contributed by atoms with Crippen LogP contribution in [0.2, 0.25) is 0 Å². The maximum Gasteiger partial charge on any atom is 0.256 e. The highest BCUT2D eigenvalue weighted by Crippen LogP contribution is 2.25. The number of benzene rings is 1. The standard InChI is InChI=1S/C20H29N3O4.ClH/c1-14-12-23(13-15(2)27-14)18(24)16-4-6-17(7-5-16)22-19(25)20(26-3)8-10-21-11-9-20;/h4-7,14-15,21H,8-13H2,1-3H3,(H,22,25);1H. The Bertz CT molecular complexity index is 667. The highest BCUT2D eigenvalue weighted by molar-refractivity contribution is 5.98. The van der Waals surface area contributed by atoms with Gasteiger partial charge in [-0.05, 0) is 64.0 Å². The van der Waals surface area contributed by atoms with E-state index >= 15 is 0 Å². The number of anilines is 1. The van der Waals surface area contributed by atoms with Crippen molar-refractivity contribution in [3.05, 3.63) is 29.8 Å². The van der Waals surface area contributed by atoms with Crippen molar-refractivity contribution < 1.29 is 19.1 Å². The van der Waals surface area contributed by atoms with E-state index in [0.717, 1.165) is 13.1 Å². The first-order chi connectivity index (χ1) is 12.9. The number of carbonyl (C=O) groups is 2. The molecule has 0 saturated carbocycles. The fourth-order valence-electron chi connectivity index (χ4n) is 3.82. The van der Waals surface area contributed by atoms with Crippen LogP contribution in [0.15, 0.2) is 24.3 Å². The molecular weight excluding hydrogens is 382 g/mol. The first-order valence-corrected chi connectivity index (χ1v) is 9.55. The van der Waals surface area contributed by atoms with Crippen LogP contribution >= 0.6 is 12.4 Å². The molecule has 7 nitrogen and oxygen atoms in total. The summed E-state index contributed by atoms with van der Waals surface area (Å²) in [7, 11) is 1.58. The Morgan fingerprint density at radius 3 is 2.25 bits per heavy atom. The Kier molecular flexibility index (Phi) is 7.83. The van der Waals surface area contributed by atoms with Crippen LogP contribution in [0, 0.1) is 0 Å². The molecule has 0 bridgehead atoms. The van der Waals surface area contributed by atoms with E-state index in [0.29, 0.717) is 37.2 Å². The van der Waals surface area contributed by atoms with E-state index in [1.54, 1.807) is 31.4 Å². The minimum Gasteiger partial charge on any atom is -0.372 e. The molecule has 2 unspecified atom stereocenters. The second-order valence-corrected chi connectivity index (χ2v) is 7.45. The third-order valence-electron chi connectivity index (χ3n) is 5.31. The Morgan fingerprint density at radius 1 is 1.14 bits per heavy atom. The summed E-state index contributed by atoms with van der Waals surface area (Å²) < 4.78 is 11.2. The normalized spacial score (nSPS) is 24.2. The fraction of sp³-hybridized carbons (Fsp3) is 0.600. The minimum atomic E-state index is -0.792. The van der Waals surface area contributed by atoms with Crippen molar-refractivity contribution in [3.63, 3.8) is 0 Å². The molecule has 2 saturated heterocycles. The van der Waals surface area contributed by atoms with Crippen LogP contribution in [-0.2, 0) is 14.3 Å². The maximum absolute atomic E-state index is 12.7. The lowest BCUT2D eigenvalue weighted by atomic mass is 9.91. The van der Waals surface area contributed by atoms with Gasteiger partial charge in [0, 0.05) is 31.5 Å². The monoisotopic (exact) mass is 411 g/mol. The quantitative estimate of drug-likeness (QED) is 0.792. The van der Waals surface area contributed by atoms with Crippen LogP contribution < -0.4 is 10.6 Å². The molecule has 2 fully saturated rings. The largest absolute Gasteiger partial charge is 0.372 e. The van der Waals surface area contributed by atoms with Crippen molar-refractivity contribution in [3.8, 4) is 0 Å². The Hall–Kier alpha value is -1.67. The van der Waals surface area contributed by atoms with Crippen LogP contribution in [0.3, 0.4) is 0 Å². The summed E-state index contributed by atoms with van der Waals surface area (Å²) >= 11 is 0. The molecule has 2 N–H and O–H groups in total. The SMILES string of the molecule is COC1(C(=O)Nc2ccc(C(=O)N3CC(C)OC(C)C3)cc2)CCNCC1.Cl. The number of hydrogen-bond acceptors (Lipinski definition) is 5. The zero-order valence-electron chi connectivity index (χ0n) is 16.7. The smallest absolute Gasteiger partial charge is 0.256 e. The molecule has 156 valence electrons. The topological polar surface area (TPSA) is 79.9 Å². The second kappa shape index (κ2) is 9.69. The lowest BCUT2D eigenvalue weighted by Gasteiger charge is -2.35. The lowest BCUT2D eigenvalue weighted by molar-refractivity contribution is -0.140. The van der Waals surface area contributed by atoms with E-state index in [-0.39, 0.29) is 36.4 Å². The predicted molar refractivity (Wildman–Crippen MR) is 110 cm³/mol. The van der Waals surface area contributed by atoms with Gasteiger partial charge in [-0.15, -0.1) is 12.4 Å². The summed E-state index contributed by atoms with van der Waals surface area (Å²) in [5.74, 6) is -0.150. The number of carbonyl (C=O) groups excluding carboxylic acids is 2. The van der Waals surface area contributed by atoms with Gasteiger partial charge >= 0.3 is 0 Å². The van der Waals surface area contributed by atoms with Crippen LogP contribution in [0.1, 0.15) is 37.0 Å². The van der Waals surface area contributed by atoms with Crippen molar-refractivity contribution >= 4 is 29.9 Å². The number of piperidine rings is 1. The van der Waals surface area contributed by atoms with Crippen molar-refractivity contribution in [1.29, 1.82) is 0 Å². The van der Waals surface area contributed by atoms with Gasteiger partial charge in [0.05, 0.1) is 12.2 Å². The summed E-state index contributed by atoms with van der Waals surface area (Å²) in [6.45, 7) is 6.64. The van der Waals surface area contributed by atoms with E-state index in [4.69, 9.17) is 9.47 Å². The van der Waals surface area contributed by atoms with Gasteiger partial charge in [-0.2, -0.15) is 0 Å².